The van der Waals surface area contributed by atoms with Crippen molar-refractivity contribution in [2.45, 2.75) is 87.9 Å². The molecule has 0 saturated carbocycles. The Morgan fingerprint density at radius 1 is 1.13 bits per heavy atom. The molecule has 2 aliphatic heterocycles. The smallest absolute Gasteiger partial charge is 0.165 e. The average molecular weight is 458 g/mol. The first kappa shape index (κ1) is 24.4. The van der Waals surface area contributed by atoms with Crippen molar-refractivity contribution in [2.75, 3.05) is 26.4 Å². The fourth-order valence-electron chi connectivity index (χ4n) is 3.87. The maximum absolute atomic E-state index is 13.1. The van der Waals surface area contributed by atoms with E-state index in [1.54, 1.807) is 6.07 Å². The number of hydrogen-bond donors (Lipinski definition) is 0. The second kappa shape index (κ2) is 9.68. The summed E-state index contributed by atoms with van der Waals surface area (Å²) >= 11 is 0. The highest BCUT2D eigenvalue weighted by atomic mass is 32.2. The third-order valence-electron chi connectivity index (χ3n) is 6.35. The van der Waals surface area contributed by atoms with Crippen LogP contribution < -0.4 is 0 Å². The Balaban J connectivity index is 1.62. The van der Waals surface area contributed by atoms with Crippen molar-refractivity contribution in [2.24, 2.45) is 0 Å². The van der Waals surface area contributed by atoms with Crippen LogP contribution in [0.1, 0.15) is 71.3 Å². The van der Waals surface area contributed by atoms with E-state index < -0.39 is 31.0 Å². The van der Waals surface area contributed by atoms with Crippen LogP contribution >= 0.6 is 0 Å². The van der Waals surface area contributed by atoms with Crippen molar-refractivity contribution in [3.8, 4) is 0 Å². The van der Waals surface area contributed by atoms with Crippen molar-refractivity contribution in [3.63, 3.8) is 0 Å². The molecule has 0 aromatic carbocycles. The van der Waals surface area contributed by atoms with E-state index in [0.717, 1.165) is 19.3 Å². The molecule has 2 aliphatic rings. The van der Waals surface area contributed by atoms with E-state index in [2.05, 4.69) is 5.16 Å². The molecule has 1 aromatic heterocycles. The largest absolute Gasteiger partial charge is 0.381 e. The summed E-state index contributed by atoms with van der Waals surface area (Å²) in [6.45, 7) is 8.87. The summed E-state index contributed by atoms with van der Waals surface area (Å²) in [6.07, 6.45) is 3.56. The maximum atomic E-state index is 13.1. The van der Waals surface area contributed by atoms with Gasteiger partial charge in [-0.1, -0.05) is 19.0 Å². The molecule has 31 heavy (non-hydrogen) atoms. The number of aromatic nitrogens is 1. The van der Waals surface area contributed by atoms with Crippen molar-refractivity contribution in [1.29, 1.82) is 0 Å². The van der Waals surface area contributed by atoms with Crippen LogP contribution in [0.4, 0.5) is 0 Å². The quantitative estimate of drug-likeness (QED) is 0.557. The number of Topliss-reactive ketones (excluding diaryl/α,β-unsaturated/α-hetero) is 1. The summed E-state index contributed by atoms with van der Waals surface area (Å²) in [5, 5.41) is 3.57. The number of ketones is 1. The number of nitrogens with zero attached hydrogens (tertiary/aromatic N) is 1. The minimum atomic E-state index is -3.65. The number of ether oxygens (including phenoxy) is 3. The normalized spacial score (nSPS) is 21.9. The van der Waals surface area contributed by atoms with Gasteiger partial charge in [0, 0.05) is 31.3 Å². The summed E-state index contributed by atoms with van der Waals surface area (Å²) in [5.41, 5.74) is 0.228. The van der Waals surface area contributed by atoms with Gasteiger partial charge in [-0.25, -0.2) is 8.42 Å². The van der Waals surface area contributed by atoms with Gasteiger partial charge in [0.2, 0.25) is 0 Å². The van der Waals surface area contributed by atoms with Gasteiger partial charge in [0.1, 0.15) is 10.5 Å². The average Bonchev–Trinajstić information content (AvgIpc) is 3.23. The molecular weight excluding hydrogens is 422 g/mol. The lowest BCUT2D eigenvalue weighted by atomic mass is 9.90. The summed E-state index contributed by atoms with van der Waals surface area (Å²) in [7, 11) is -3.65. The monoisotopic (exact) mass is 457 g/mol. The van der Waals surface area contributed by atoms with Crippen molar-refractivity contribution in [3.05, 3.63) is 17.5 Å². The Kier molecular flexibility index (Phi) is 7.61. The lowest BCUT2D eigenvalue weighted by Crippen LogP contribution is -2.48. The lowest BCUT2D eigenvalue weighted by Gasteiger charge is -2.31. The number of carbonyl (C=O) groups is 1. The van der Waals surface area contributed by atoms with Gasteiger partial charge >= 0.3 is 0 Å². The van der Waals surface area contributed by atoms with Gasteiger partial charge < -0.3 is 18.7 Å². The van der Waals surface area contributed by atoms with Gasteiger partial charge in [-0.2, -0.15) is 0 Å². The van der Waals surface area contributed by atoms with Crippen LogP contribution in [0.15, 0.2) is 10.6 Å². The molecular formula is C22H35NO7S. The van der Waals surface area contributed by atoms with E-state index >= 15 is 0 Å². The first-order valence-electron chi connectivity index (χ1n) is 11.1. The van der Waals surface area contributed by atoms with Crippen LogP contribution in [0.5, 0.6) is 0 Å². The first-order chi connectivity index (χ1) is 14.5. The molecule has 1 atom stereocenters. The van der Waals surface area contributed by atoms with Gasteiger partial charge in [-0.15, -0.1) is 0 Å². The van der Waals surface area contributed by atoms with E-state index in [0.29, 0.717) is 50.7 Å². The Morgan fingerprint density at radius 3 is 2.48 bits per heavy atom. The van der Waals surface area contributed by atoms with E-state index in [1.165, 1.54) is 13.8 Å². The van der Waals surface area contributed by atoms with Crippen LogP contribution in [0, 0.1) is 0 Å². The Hall–Kier alpha value is -1.29. The fraction of sp³-hybridized carbons (Fsp3) is 0.818. The summed E-state index contributed by atoms with van der Waals surface area (Å²) in [4.78, 5) is 13.0. The zero-order valence-corrected chi connectivity index (χ0v) is 19.8. The van der Waals surface area contributed by atoms with E-state index in [9.17, 15) is 13.2 Å². The molecule has 8 nitrogen and oxygen atoms in total. The standard InChI is InChI=1S/C22H35NO7S/c1-21(2,15-29-20-7-5-6-10-28-20)18-13-16(30-23-18)14-19(24)22(3,4)31(25,26)17-8-11-27-12-9-17/h13,17,20H,5-12,14-15H2,1-4H3. The van der Waals surface area contributed by atoms with E-state index in [1.807, 2.05) is 13.8 Å². The Morgan fingerprint density at radius 2 is 1.84 bits per heavy atom. The molecule has 0 spiro atoms. The van der Waals surface area contributed by atoms with Gasteiger partial charge in [-0.3, -0.25) is 4.79 Å². The lowest BCUT2D eigenvalue weighted by molar-refractivity contribution is -0.170. The molecule has 0 bridgehead atoms. The summed E-state index contributed by atoms with van der Waals surface area (Å²) < 4.78 is 46.8. The van der Waals surface area contributed by atoms with Crippen LogP contribution in [0.3, 0.4) is 0 Å². The molecule has 1 aromatic rings. The molecule has 176 valence electrons. The molecule has 3 rings (SSSR count). The Labute approximate surface area is 184 Å². The molecule has 0 amide bonds. The molecule has 0 aliphatic carbocycles. The second-order valence-electron chi connectivity index (χ2n) is 9.64. The zero-order chi connectivity index (χ0) is 22.7. The number of rotatable bonds is 9. The second-order valence-corrected chi connectivity index (χ2v) is 12.4. The van der Waals surface area contributed by atoms with Gasteiger partial charge in [0.15, 0.2) is 21.9 Å². The molecule has 9 heteroatoms. The van der Waals surface area contributed by atoms with Crippen LogP contribution in [-0.2, 0) is 40.7 Å². The predicted molar refractivity (Wildman–Crippen MR) is 115 cm³/mol. The highest BCUT2D eigenvalue weighted by Crippen LogP contribution is 2.30. The highest BCUT2D eigenvalue weighted by Gasteiger charge is 2.46. The van der Waals surface area contributed by atoms with Crippen LogP contribution in [-0.4, -0.2) is 62.1 Å². The predicted octanol–water partition coefficient (Wildman–Crippen LogP) is 2.98. The highest BCUT2D eigenvalue weighted by molar-refractivity contribution is 7.94. The van der Waals surface area contributed by atoms with Gasteiger partial charge in [0.25, 0.3) is 0 Å². The van der Waals surface area contributed by atoms with Crippen LogP contribution in [0.2, 0.25) is 0 Å². The Bertz CT molecular complexity index is 847. The minimum absolute atomic E-state index is 0.120. The van der Waals surface area contributed by atoms with E-state index in [-0.39, 0.29) is 12.7 Å². The molecule has 1 unspecified atom stereocenters. The molecule has 0 radical (unpaired) electrons. The molecule has 0 N–H and O–H groups in total. The maximum Gasteiger partial charge on any atom is 0.165 e. The molecule has 2 fully saturated rings. The topological polar surface area (TPSA) is 105 Å². The summed E-state index contributed by atoms with van der Waals surface area (Å²) in [5.74, 6) is -0.0383. The minimum Gasteiger partial charge on any atom is -0.381 e. The van der Waals surface area contributed by atoms with Gasteiger partial charge in [-0.05, 0) is 46.0 Å². The van der Waals surface area contributed by atoms with Crippen LogP contribution in [0.25, 0.3) is 0 Å². The van der Waals surface area contributed by atoms with Crippen molar-refractivity contribution in [1.82, 2.24) is 5.16 Å². The van der Waals surface area contributed by atoms with Gasteiger partial charge in [0.05, 0.1) is 24.0 Å². The number of sulfone groups is 1. The SMILES string of the molecule is CC(C)(COC1CCCCO1)c1cc(CC(=O)C(C)(C)S(=O)(=O)C2CCOCC2)on1. The number of carbonyl (C=O) groups excluding carboxylic acids is 1. The fourth-order valence-corrected chi connectivity index (χ4v) is 5.90. The van der Waals surface area contributed by atoms with E-state index in [4.69, 9.17) is 18.7 Å². The summed E-state index contributed by atoms with van der Waals surface area (Å²) in [6, 6.07) is 1.72. The van der Waals surface area contributed by atoms with Crippen molar-refractivity contribution >= 4 is 15.6 Å². The first-order valence-corrected chi connectivity index (χ1v) is 12.6. The molecule has 2 saturated heterocycles. The number of hydrogen-bond acceptors (Lipinski definition) is 8. The third kappa shape index (κ3) is 5.56. The zero-order valence-electron chi connectivity index (χ0n) is 19.0. The van der Waals surface area contributed by atoms with Crippen molar-refractivity contribution < 1.29 is 31.9 Å². The molecule has 3 heterocycles. The third-order valence-corrected chi connectivity index (χ3v) is 9.34.